The summed E-state index contributed by atoms with van der Waals surface area (Å²) in [7, 11) is 0. The molecule has 7 heteroatoms. The molecule has 23 heavy (non-hydrogen) atoms. The first-order chi connectivity index (χ1) is 11.0. The third kappa shape index (κ3) is 4.21. The number of hydrogen-bond acceptors (Lipinski definition) is 5. The lowest BCUT2D eigenvalue weighted by Gasteiger charge is -2.29. The Balaban J connectivity index is 1.91. The summed E-state index contributed by atoms with van der Waals surface area (Å²) in [4.78, 5) is 36.8. The first-order valence-corrected chi connectivity index (χ1v) is 7.52. The third-order valence-corrected chi connectivity index (χ3v) is 3.38. The molecule has 0 bridgehead atoms. The molecule has 1 aliphatic heterocycles. The van der Waals surface area contributed by atoms with Crippen LogP contribution in [-0.4, -0.2) is 43.6 Å². The van der Waals surface area contributed by atoms with Crippen molar-refractivity contribution in [3.8, 4) is 5.75 Å². The fraction of sp³-hybridized carbons (Fsp3) is 0.438. The minimum absolute atomic E-state index is 0.00379. The molecule has 2 rings (SSSR count). The minimum atomic E-state index is -0.852. The molecule has 0 unspecified atom stereocenters. The zero-order valence-electron chi connectivity index (χ0n) is 13.2. The van der Waals surface area contributed by atoms with E-state index >= 15 is 0 Å². The molecule has 1 heterocycles. The van der Waals surface area contributed by atoms with Gasteiger partial charge in [0, 0.05) is 13.1 Å². The van der Waals surface area contributed by atoms with Crippen molar-refractivity contribution in [2.24, 2.45) is 0 Å². The number of fused-ring (bicyclic) bond motifs is 1. The van der Waals surface area contributed by atoms with E-state index in [9.17, 15) is 14.4 Å². The van der Waals surface area contributed by atoms with Crippen LogP contribution in [0, 0.1) is 0 Å². The Kier molecular flexibility index (Phi) is 5.56. The monoisotopic (exact) mass is 320 g/mol. The van der Waals surface area contributed by atoms with Crippen molar-refractivity contribution in [3.05, 3.63) is 24.3 Å². The van der Waals surface area contributed by atoms with Crippen LogP contribution in [0.2, 0.25) is 0 Å². The normalized spacial score (nSPS) is 14.5. The molecule has 0 aromatic heterocycles. The Morgan fingerprint density at radius 1 is 1.39 bits per heavy atom. The summed E-state index contributed by atoms with van der Waals surface area (Å²) in [6, 6.07) is 7.14. The smallest absolute Gasteiger partial charge is 0.308 e. The lowest BCUT2D eigenvalue weighted by Crippen LogP contribution is -2.41. The van der Waals surface area contributed by atoms with E-state index < -0.39 is 12.1 Å². The maximum atomic E-state index is 12.0. The zero-order chi connectivity index (χ0) is 16.8. The molecular formula is C16H20N2O5. The summed E-state index contributed by atoms with van der Waals surface area (Å²) < 4.78 is 10.4. The van der Waals surface area contributed by atoms with Crippen molar-refractivity contribution >= 4 is 23.5 Å². The van der Waals surface area contributed by atoms with E-state index in [-0.39, 0.29) is 31.4 Å². The second kappa shape index (κ2) is 7.62. The number of para-hydroxylation sites is 2. The Hall–Kier alpha value is -2.57. The summed E-state index contributed by atoms with van der Waals surface area (Å²) in [6.45, 7) is 3.90. The van der Waals surface area contributed by atoms with Gasteiger partial charge >= 0.3 is 5.97 Å². The van der Waals surface area contributed by atoms with Gasteiger partial charge in [-0.1, -0.05) is 12.1 Å². The molecule has 1 aromatic carbocycles. The highest BCUT2D eigenvalue weighted by Crippen LogP contribution is 2.31. The Bertz CT molecular complexity index is 602. The Morgan fingerprint density at radius 3 is 2.87 bits per heavy atom. The van der Waals surface area contributed by atoms with Crippen molar-refractivity contribution in [2.75, 3.05) is 24.6 Å². The number of nitrogens with zero attached hydrogens (tertiary/aromatic N) is 1. The van der Waals surface area contributed by atoms with Gasteiger partial charge in [0.2, 0.25) is 0 Å². The van der Waals surface area contributed by atoms with Crippen LogP contribution in [0.25, 0.3) is 0 Å². The Morgan fingerprint density at radius 2 is 2.13 bits per heavy atom. The summed E-state index contributed by atoms with van der Waals surface area (Å²) in [5.41, 5.74) is 0.633. The van der Waals surface area contributed by atoms with E-state index in [1.54, 1.807) is 25.1 Å². The van der Waals surface area contributed by atoms with Gasteiger partial charge in [-0.2, -0.15) is 0 Å². The van der Waals surface area contributed by atoms with Gasteiger partial charge in [-0.05, 0) is 26.0 Å². The first-order valence-electron chi connectivity index (χ1n) is 7.52. The highest BCUT2D eigenvalue weighted by Gasteiger charge is 2.26. The average molecular weight is 320 g/mol. The van der Waals surface area contributed by atoms with Crippen LogP contribution in [0.15, 0.2) is 24.3 Å². The van der Waals surface area contributed by atoms with Gasteiger partial charge in [0.15, 0.2) is 12.7 Å². The molecule has 1 aliphatic rings. The predicted octanol–water partition coefficient (Wildman–Crippen LogP) is 0.870. The summed E-state index contributed by atoms with van der Waals surface area (Å²) in [5.74, 6) is -0.474. The van der Waals surface area contributed by atoms with E-state index in [1.807, 2.05) is 6.07 Å². The highest BCUT2D eigenvalue weighted by molar-refractivity contribution is 5.98. The van der Waals surface area contributed by atoms with Gasteiger partial charge in [-0.3, -0.25) is 14.4 Å². The third-order valence-electron chi connectivity index (χ3n) is 3.38. The van der Waals surface area contributed by atoms with Crippen LogP contribution in [0.3, 0.4) is 0 Å². The molecule has 1 aromatic rings. The van der Waals surface area contributed by atoms with Crippen molar-refractivity contribution in [3.63, 3.8) is 0 Å². The lowest BCUT2D eigenvalue weighted by atomic mass is 10.2. The van der Waals surface area contributed by atoms with Crippen LogP contribution in [-0.2, 0) is 19.1 Å². The number of amides is 2. The number of anilines is 1. The fourth-order valence-electron chi connectivity index (χ4n) is 2.23. The molecule has 7 nitrogen and oxygen atoms in total. The first kappa shape index (κ1) is 16.8. The summed E-state index contributed by atoms with van der Waals surface area (Å²) in [6.07, 6.45) is -0.848. The quantitative estimate of drug-likeness (QED) is 0.786. The van der Waals surface area contributed by atoms with Crippen molar-refractivity contribution < 1.29 is 23.9 Å². The molecule has 124 valence electrons. The van der Waals surface area contributed by atoms with Crippen molar-refractivity contribution in [2.45, 2.75) is 26.4 Å². The number of rotatable bonds is 6. The van der Waals surface area contributed by atoms with Crippen LogP contribution in [0.5, 0.6) is 5.75 Å². The Labute approximate surface area is 134 Å². The molecule has 1 atom stereocenters. The van der Waals surface area contributed by atoms with Crippen LogP contribution in [0.1, 0.15) is 20.3 Å². The van der Waals surface area contributed by atoms with E-state index in [2.05, 4.69) is 5.32 Å². The van der Waals surface area contributed by atoms with Crippen LogP contribution in [0.4, 0.5) is 5.69 Å². The number of benzene rings is 1. The van der Waals surface area contributed by atoms with E-state index in [4.69, 9.17) is 9.47 Å². The molecule has 1 N–H and O–H groups in total. The van der Waals surface area contributed by atoms with Gasteiger partial charge in [-0.25, -0.2) is 0 Å². The lowest BCUT2D eigenvalue weighted by molar-refractivity contribution is -0.154. The number of ether oxygens (including phenoxy) is 2. The number of esters is 1. The molecule has 0 saturated carbocycles. The number of carbonyl (C=O) groups is 3. The maximum Gasteiger partial charge on any atom is 0.308 e. The molecule has 2 amide bonds. The predicted molar refractivity (Wildman–Crippen MR) is 83.1 cm³/mol. The molecule has 0 spiro atoms. The minimum Gasteiger partial charge on any atom is -0.482 e. The molecule has 0 saturated heterocycles. The molecule has 0 aliphatic carbocycles. The second-order valence-corrected chi connectivity index (χ2v) is 5.08. The topological polar surface area (TPSA) is 84.9 Å². The molecular weight excluding hydrogens is 300 g/mol. The van der Waals surface area contributed by atoms with E-state index in [0.717, 1.165) is 0 Å². The van der Waals surface area contributed by atoms with Gasteiger partial charge in [0.05, 0.1) is 12.1 Å². The number of hydrogen-bond donors (Lipinski definition) is 1. The summed E-state index contributed by atoms with van der Waals surface area (Å²) in [5, 5.41) is 2.58. The van der Waals surface area contributed by atoms with Gasteiger partial charge < -0.3 is 19.7 Å². The number of carbonyl (C=O) groups excluding carboxylic acids is 3. The van der Waals surface area contributed by atoms with E-state index in [1.165, 1.54) is 11.8 Å². The number of nitrogens with one attached hydrogen (secondary N) is 1. The zero-order valence-corrected chi connectivity index (χ0v) is 13.2. The largest absolute Gasteiger partial charge is 0.482 e. The maximum absolute atomic E-state index is 12.0. The standard InChI is InChI=1S/C16H20N2O5/c1-3-17-16(21)11(2)23-15(20)8-9-18-12-6-4-5-7-13(12)22-10-14(18)19/h4-7,11H,3,8-10H2,1-2H3,(H,17,21)/t11-/m0/s1. The van der Waals surface area contributed by atoms with Gasteiger partial charge in [0.1, 0.15) is 5.75 Å². The van der Waals surface area contributed by atoms with Gasteiger partial charge in [-0.15, -0.1) is 0 Å². The van der Waals surface area contributed by atoms with E-state index in [0.29, 0.717) is 18.0 Å². The summed E-state index contributed by atoms with van der Waals surface area (Å²) >= 11 is 0. The number of likely N-dealkylation sites (N-methyl/N-ethyl adjacent to an activating group) is 1. The molecule has 0 fully saturated rings. The fourth-order valence-corrected chi connectivity index (χ4v) is 2.23. The average Bonchev–Trinajstić information content (AvgIpc) is 2.54. The van der Waals surface area contributed by atoms with Crippen LogP contribution < -0.4 is 15.0 Å². The van der Waals surface area contributed by atoms with Crippen molar-refractivity contribution in [1.29, 1.82) is 0 Å². The van der Waals surface area contributed by atoms with Crippen LogP contribution >= 0.6 is 0 Å². The SMILES string of the molecule is CCNC(=O)[C@H](C)OC(=O)CCN1C(=O)COc2ccccc21. The van der Waals surface area contributed by atoms with Crippen molar-refractivity contribution in [1.82, 2.24) is 5.32 Å². The van der Waals surface area contributed by atoms with Gasteiger partial charge in [0.25, 0.3) is 11.8 Å². The molecule has 0 radical (unpaired) electrons. The second-order valence-electron chi connectivity index (χ2n) is 5.08. The highest BCUT2D eigenvalue weighted by atomic mass is 16.5.